The molecule has 0 bridgehead atoms. The van der Waals surface area contributed by atoms with E-state index in [2.05, 4.69) is 85.4 Å². The van der Waals surface area contributed by atoms with Crippen LogP contribution < -0.4 is 0 Å². The average Bonchev–Trinajstić information content (AvgIpc) is 2.45. The molecule has 0 aliphatic heterocycles. The summed E-state index contributed by atoms with van der Waals surface area (Å²) >= 11 is 0. The summed E-state index contributed by atoms with van der Waals surface area (Å²) in [6.07, 6.45) is 1.15. The van der Waals surface area contributed by atoms with Crippen molar-refractivity contribution in [1.82, 2.24) is 0 Å². The smallest absolute Gasteiger partial charge is 0.00758 e. The van der Waals surface area contributed by atoms with Crippen molar-refractivity contribution in [2.24, 2.45) is 28.1 Å². The Morgan fingerprint density at radius 3 is 1.50 bits per heavy atom. The van der Waals surface area contributed by atoms with E-state index in [9.17, 15) is 0 Å². The highest BCUT2D eigenvalue weighted by atomic mass is 31.0. The lowest BCUT2D eigenvalue weighted by molar-refractivity contribution is 0.0597. The fourth-order valence-corrected chi connectivity index (χ4v) is 5.80. The minimum Gasteiger partial charge on any atom is -0.137 e. The number of allylic oxidation sites excluding steroid dienone is 4. The van der Waals surface area contributed by atoms with Gasteiger partial charge in [0.05, 0.1) is 0 Å². The molecular formula is C21H39P. The molecule has 1 aliphatic rings. The molecule has 128 valence electrons. The Bertz CT molecular complexity index is 475. The fraction of sp³-hybridized carbons (Fsp3) is 0.810. The van der Waals surface area contributed by atoms with Crippen molar-refractivity contribution < 1.29 is 0 Å². The van der Waals surface area contributed by atoms with Crippen molar-refractivity contribution >= 4 is 9.24 Å². The van der Waals surface area contributed by atoms with Crippen LogP contribution in [0.2, 0.25) is 0 Å². The van der Waals surface area contributed by atoms with Gasteiger partial charge in [0.15, 0.2) is 0 Å². The largest absolute Gasteiger partial charge is 0.137 e. The van der Waals surface area contributed by atoms with Crippen LogP contribution in [0.5, 0.6) is 0 Å². The molecule has 0 spiro atoms. The molecule has 1 aliphatic carbocycles. The Labute approximate surface area is 142 Å². The Morgan fingerprint density at radius 1 is 0.864 bits per heavy atom. The molecule has 2 unspecified atom stereocenters. The molecule has 1 heteroatoms. The predicted molar refractivity (Wildman–Crippen MR) is 105 cm³/mol. The highest BCUT2D eigenvalue weighted by Gasteiger charge is 2.46. The number of rotatable bonds is 3. The first-order valence-electron chi connectivity index (χ1n) is 8.77. The maximum absolute atomic E-state index is 3.05. The van der Waals surface area contributed by atoms with Crippen LogP contribution >= 0.6 is 9.24 Å². The summed E-state index contributed by atoms with van der Waals surface area (Å²) in [5.41, 5.74) is 7.11. The zero-order chi connectivity index (χ0) is 17.7. The lowest BCUT2D eigenvalue weighted by Gasteiger charge is -2.48. The molecule has 0 heterocycles. The van der Waals surface area contributed by atoms with E-state index >= 15 is 0 Å². The summed E-state index contributed by atoms with van der Waals surface area (Å²) < 4.78 is 0. The van der Waals surface area contributed by atoms with E-state index in [4.69, 9.17) is 0 Å². The monoisotopic (exact) mass is 322 g/mol. The van der Waals surface area contributed by atoms with Gasteiger partial charge in [0.25, 0.3) is 0 Å². The topological polar surface area (TPSA) is 0 Å². The van der Waals surface area contributed by atoms with Crippen LogP contribution in [0.15, 0.2) is 22.3 Å². The summed E-state index contributed by atoms with van der Waals surface area (Å²) in [6, 6.07) is 0. The molecule has 22 heavy (non-hydrogen) atoms. The van der Waals surface area contributed by atoms with E-state index in [-0.39, 0.29) is 5.41 Å². The highest BCUT2D eigenvalue weighted by molar-refractivity contribution is 7.16. The second-order valence-electron chi connectivity index (χ2n) is 9.97. The molecule has 0 saturated carbocycles. The van der Waals surface area contributed by atoms with Gasteiger partial charge in [-0.2, -0.15) is 0 Å². The maximum atomic E-state index is 3.05. The lowest BCUT2D eigenvalue weighted by Crippen LogP contribution is -2.42. The minimum absolute atomic E-state index is 0.199. The zero-order valence-corrected chi connectivity index (χ0v) is 18.1. The van der Waals surface area contributed by atoms with E-state index in [0.717, 1.165) is 6.16 Å². The first-order chi connectivity index (χ1) is 9.67. The van der Waals surface area contributed by atoms with Crippen LogP contribution in [-0.4, -0.2) is 6.16 Å². The van der Waals surface area contributed by atoms with Crippen LogP contribution in [-0.2, 0) is 0 Å². The van der Waals surface area contributed by atoms with Crippen LogP contribution in [0.4, 0.5) is 0 Å². The fourth-order valence-electron chi connectivity index (χ4n) is 5.29. The van der Waals surface area contributed by atoms with Gasteiger partial charge in [0, 0.05) is 5.41 Å². The summed E-state index contributed by atoms with van der Waals surface area (Å²) in [5, 5.41) is 0. The van der Waals surface area contributed by atoms with E-state index in [0.29, 0.717) is 22.7 Å². The van der Waals surface area contributed by atoms with Crippen molar-refractivity contribution in [3.8, 4) is 0 Å². The maximum Gasteiger partial charge on any atom is 0.00758 e. The van der Waals surface area contributed by atoms with Gasteiger partial charge in [-0.25, -0.2) is 0 Å². The van der Waals surface area contributed by atoms with Gasteiger partial charge in [-0.1, -0.05) is 66.5 Å². The van der Waals surface area contributed by atoms with E-state index in [1.807, 2.05) is 0 Å². The van der Waals surface area contributed by atoms with Crippen molar-refractivity contribution in [1.29, 1.82) is 0 Å². The molecule has 0 aromatic heterocycles. The molecule has 1 rings (SSSR count). The van der Waals surface area contributed by atoms with Gasteiger partial charge in [-0.15, -0.1) is 9.24 Å². The Morgan fingerprint density at radius 2 is 1.27 bits per heavy atom. The van der Waals surface area contributed by atoms with Crippen LogP contribution in [0.3, 0.4) is 0 Å². The Kier molecular flexibility index (Phi) is 5.52. The highest BCUT2D eigenvalue weighted by Crippen LogP contribution is 2.56. The molecule has 0 amide bonds. The summed E-state index contributed by atoms with van der Waals surface area (Å²) in [7, 11) is 3.05. The second kappa shape index (κ2) is 6.08. The molecule has 0 radical (unpaired) electrons. The normalized spacial score (nSPS) is 21.1. The SMILES string of the molecule is CC1=C(C)C(C)(C)C(C(CP)C(C(C)(C)C)C(C)(C)C)=C1C. The van der Waals surface area contributed by atoms with Crippen LogP contribution in [0.1, 0.15) is 76.2 Å². The Balaban J connectivity index is 3.51. The summed E-state index contributed by atoms with van der Waals surface area (Å²) in [4.78, 5) is 0. The molecule has 0 nitrogen and oxygen atoms in total. The van der Waals surface area contributed by atoms with Crippen molar-refractivity contribution in [3.05, 3.63) is 22.3 Å². The summed E-state index contributed by atoms with van der Waals surface area (Å²) in [6.45, 7) is 26.3. The minimum atomic E-state index is 0.199. The van der Waals surface area contributed by atoms with Gasteiger partial charge in [0.2, 0.25) is 0 Å². The molecule has 0 aromatic carbocycles. The van der Waals surface area contributed by atoms with E-state index in [1.165, 1.54) is 5.57 Å². The van der Waals surface area contributed by atoms with Crippen molar-refractivity contribution in [2.75, 3.05) is 6.16 Å². The van der Waals surface area contributed by atoms with E-state index in [1.54, 1.807) is 16.7 Å². The van der Waals surface area contributed by atoms with Gasteiger partial charge in [-0.3, -0.25) is 0 Å². The van der Waals surface area contributed by atoms with E-state index < -0.39 is 0 Å². The third-order valence-corrected chi connectivity index (χ3v) is 6.54. The molecule has 0 saturated heterocycles. The molecule has 0 N–H and O–H groups in total. The lowest BCUT2D eigenvalue weighted by atomic mass is 9.57. The Hall–Kier alpha value is -0.0900. The van der Waals surface area contributed by atoms with Gasteiger partial charge in [-0.05, 0) is 60.7 Å². The van der Waals surface area contributed by atoms with Gasteiger partial charge in [0.1, 0.15) is 0 Å². The molecule has 0 aromatic rings. The van der Waals surface area contributed by atoms with Crippen molar-refractivity contribution in [3.63, 3.8) is 0 Å². The third-order valence-electron chi connectivity index (χ3n) is 6.03. The van der Waals surface area contributed by atoms with Crippen LogP contribution in [0, 0.1) is 28.1 Å². The quantitative estimate of drug-likeness (QED) is 0.497. The molecular weight excluding hydrogens is 283 g/mol. The number of hydrogen-bond donors (Lipinski definition) is 0. The van der Waals surface area contributed by atoms with Crippen molar-refractivity contribution in [2.45, 2.75) is 76.2 Å². The third kappa shape index (κ3) is 3.38. The van der Waals surface area contributed by atoms with Crippen LogP contribution in [0.25, 0.3) is 0 Å². The standard InChI is InChI=1S/C21H39P/c1-13-14(2)17(21(10,11)15(13)3)16(12-22)18(19(4,5)6)20(7,8)9/h16,18H,12,22H2,1-11H3. The van der Waals surface area contributed by atoms with Gasteiger partial charge < -0.3 is 0 Å². The summed E-state index contributed by atoms with van der Waals surface area (Å²) in [5.74, 6) is 1.27. The second-order valence-corrected chi connectivity index (χ2v) is 10.4. The number of hydrogen-bond acceptors (Lipinski definition) is 0. The zero-order valence-electron chi connectivity index (χ0n) is 16.9. The average molecular weight is 323 g/mol. The van der Waals surface area contributed by atoms with Gasteiger partial charge >= 0.3 is 0 Å². The first kappa shape index (κ1) is 20.0. The predicted octanol–water partition coefficient (Wildman–Crippen LogP) is 6.88. The first-order valence-corrected chi connectivity index (χ1v) is 9.58. The molecule has 2 atom stereocenters. The molecule has 0 fully saturated rings.